The molecule has 0 bridgehead atoms. The molecule has 1 aliphatic heterocycles. The summed E-state index contributed by atoms with van der Waals surface area (Å²) >= 11 is 0. The zero-order chi connectivity index (χ0) is 17.1. The number of carbonyl (C=O) groups is 2. The topological polar surface area (TPSA) is 105 Å². The van der Waals surface area contributed by atoms with Gasteiger partial charge < -0.3 is 25.8 Å². The molecule has 1 atom stereocenters. The third kappa shape index (κ3) is 7.62. The van der Waals surface area contributed by atoms with Gasteiger partial charge in [-0.1, -0.05) is 30.3 Å². The molecule has 1 fully saturated rings. The van der Waals surface area contributed by atoms with E-state index in [1.165, 1.54) is 0 Å². The summed E-state index contributed by atoms with van der Waals surface area (Å²) in [6, 6.07) is 8.54. The highest BCUT2D eigenvalue weighted by molar-refractivity contribution is 5.73. The molecule has 1 aliphatic rings. The monoisotopic (exact) mass is 323 g/mol. The zero-order valence-corrected chi connectivity index (χ0v) is 13.4. The van der Waals surface area contributed by atoms with Crippen LogP contribution >= 0.6 is 0 Å². The number of piperazine rings is 1. The molecule has 0 spiro atoms. The molecule has 0 unspecified atom stereocenters. The SMILES string of the molecule is CCOC(=O)N1CCNCC1.N[C@@H](Cc1ccccc1)C(=O)O. The van der Waals surface area contributed by atoms with Gasteiger partial charge in [-0.15, -0.1) is 0 Å². The van der Waals surface area contributed by atoms with Crippen molar-refractivity contribution in [2.75, 3.05) is 32.8 Å². The number of carbonyl (C=O) groups excluding carboxylic acids is 1. The van der Waals surface area contributed by atoms with Crippen LogP contribution in [0.3, 0.4) is 0 Å². The maximum atomic E-state index is 11.1. The van der Waals surface area contributed by atoms with E-state index in [9.17, 15) is 9.59 Å². The van der Waals surface area contributed by atoms with E-state index in [1.807, 2.05) is 37.3 Å². The lowest BCUT2D eigenvalue weighted by atomic mass is 10.1. The molecule has 0 saturated carbocycles. The smallest absolute Gasteiger partial charge is 0.409 e. The van der Waals surface area contributed by atoms with Gasteiger partial charge in [-0.3, -0.25) is 4.79 Å². The number of ether oxygens (including phenoxy) is 1. The van der Waals surface area contributed by atoms with Crippen LogP contribution < -0.4 is 11.1 Å². The van der Waals surface area contributed by atoms with E-state index in [0.29, 0.717) is 13.0 Å². The Labute approximate surface area is 136 Å². The summed E-state index contributed by atoms with van der Waals surface area (Å²) in [5.41, 5.74) is 6.30. The van der Waals surface area contributed by atoms with Gasteiger partial charge in [0.25, 0.3) is 0 Å². The Kier molecular flexibility index (Phi) is 8.71. The molecule has 1 aromatic rings. The molecule has 23 heavy (non-hydrogen) atoms. The number of aliphatic carboxylic acids is 1. The van der Waals surface area contributed by atoms with E-state index in [-0.39, 0.29) is 6.09 Å². The molecule has 0 aliphatic carbocycles. The van der Waals surface area contributed by atoms with Crippen LogP contribution in [0.15, 0.2) is 30.3 Å². The van der Waals surface area contributed by atoms with Crippen molar-refractivity contribution in [1.29, 1.82) is 0 Å². The lowest BCUT2D eigenvalue weighted by Crippen LogP contribution is -2.46. The summed E-state index contributed by atoms with van der Waals surface area (Å²) in [7, 11) is 0. The average molecular weight is 323 g/mol. The Morgan fingerprint density at radius 1 is 1.30 bits per heavy atom. The van der Waals surface area contributed by atoms with Crippen molar-refractivity contribution in [3.63, 3.8) is 0 Å². The quantitative estimate of drug-likeness (QED) is 0.753. The summed E-state index contributed by atoms with van der Waals surface area (Å²) in [4.78, 5) is 23.2. The second-order valence-electron chi connectivity index (χ2n) is 5.07. The number of nitrogens with two attached hydrogens (primary N) is 1. The van der Waals surface area contributed by atoms with Crippen LogP contribution in [0.2, 0.25) is 0 Å². The Morgan fingerprint density at radius 2 is 1.91 bits per heavy atom. The minimum absolute atomic E-state index is 0.186. The van der Waals surface area contributed by atoms with Crippen LogP contribution in [-0.2, 0) is 16.0 Å². The molecule has 1 heterocycles. The number of amides is 1. The second kappa shape index (κ2) is 10.6. The van der Waals surface area contributed by atoms with E-state index in [0.717, 1.165) is 31.7 Å². The molecular weight excluding hydrogens is 298 g/mol. The third-order valence-corrected chi connectivity index (χ3v) is 3.26. The molecule has 0 radical (unpaired) electrons. The van der Waals surface area contributed by atoms with Gasteiger partial charge in [-0.25, -0.2) is 4.79 Å². The molecule has 1 aromatic carbocycles. The lowest BCUT2D eigenvalue weighted by Gasteiger charge is -2.26. The zero-order valence-electron chi connectivity index (χ0n) is 13.4. The molecular formula is C16H25N3O4. The Morgan fingerprint density at radius 3 is 2.43 bits per heavy atom. The highest BCUT2D eigenvalue weighted by atomic mass is 16.6. The number of carboxylic acid groups (broad SMARTS) is 1. The summed E-state index contributed by atoms with van der Waals surface area (Å²) < 4.78 is 4.84. The van der Waals surface area contributed by atoms with Crippen molar-refractivity contribution >= 4 is 12.1 Å². The predicted molar refractivity (Wildman–Crippen MR) is 87.2 cm³/mol. The summed E-state index contributed by atoms with van der Waals surface area (Å²) in [6.45, 7) is 5.55. The van der Waals surface area contributed by atoms with Crippen molar-refractivity contribution in [1.82, 2.24) is 10.2 Å². The minimum Gasteiger partial charge on any atom is -0.480 e. The maximum absolute atomic E-state index is 11.1. The molecule has 0 aromatic heterocycles. The van der Waals surface area contributed by atoms with E-state index in [1.54, 1.807) is 4.90 Å². The minimum atomic E-state index is -0.959. The number of hydrogen-bond acceptors (Lipinski definition) is 5. The fourth-order valence-electron chi connectivity index (χ4n) is 2.02. The average Bonchev–Trinajstić information content (AvgIpc) is 2.57. The van der Waals surface area contributed by atoms with Crippen LogP contribution in [0, 0.1) is 0 Å². The van der Waals surface area contributed by atoms with Gasteiger partial charge >= 0.3 is 12.1 Å². The largest absolute Gasteiger partial charge is 0.480 e. The highest BCUT2D eigenvalue weighted by Crippen LogP contribution is 2.01. The Balaban J connectivity index is 0.000000231. The Hall–Kier alpha value is -2.12. The summed E-state index contributed by atoms with van der Waals surface area (Å²) in [5, 5.41) is 11.7. The molecule has 1 saturated heterocycles. The lowest BCUT2D eigenvalue weighted by molar-refractivity contribution is -0.138. The summed E-state index contributed by atoms with van der Waals surface area (Å²) in [6.07, 6.45) is 0.199. The maximum Gasteiger partial charge on any atom is 0.409 e. The van der Waals surface area contributed by atoms with E-state index in [4.69, 9.17) is 15.6 Å². The molecule has 7 heteroatoms. The van der Waals surface area contributed by atoms with Gasteiger partial charge in [0, 0.05) is 26.2 Å². The van der Waals surface area contributed by atoms with Crippen LogP contribution in [0.25, 0.3) is 0 Å². The van der Waals surface area contributed by atoms with Crippen LogP contribution in [-0.4, -0.2) is 60.9 Å². The second-order valence-corrected chi connectivity index (χ2v) is 5.07. The van der Waals surface area contributed by atoms with Gasteiger partial charge in [-0.2, -0.15) is 0 Å². The van der Waals surface area contributed by atoms with Crippen molar-refractivity contribution in [2.45, 2.75) is 19.4 Å². The molecule has 7 nitrogen and oxygen atoms in total. The van der Waals surface area contributed by atoms with E-state index >= 15 is 0 Å². The number of nitrogens with one attached hydrogen (secondary N) is 1. The van der Waals surface area contributed by atoms with Crippen molar-refractivity contribution in [2.24, 2.45) is 5.73 Å². The first-order valence-corrected chi connectivity index (χ1v) is 7.69. The van der Waals surface area contributed by atoms with Gasteiger partial charge in [0.15, 0.2) is 0 Å². The van der Waals surface area contributed by atoms with Crippen LogP contribution in [0.5, 0.6) is 0 Å². The number of benzene rings is 1. The Bertz CT molecular complexity index is 475. The normalized spacial score (nSPS) is 15.1. The van der Waals surface area contributed by atoms with Crippen LogP contribution in [0.1, 0.15) is 12.5 Å². The highest BCUT2D eigenvalue weighted by Gasteiger charge is 2.16. The molecule has 128 valence electrons. The predicted octanol–water partition coefficient (Wildman–Crippen LogP) is 0.689. The van der Waals surface area contributed by atoms with E-state index < -0.39 is 12.0 Å². The van der Waals surface area contributed by atoms with Gasteiger partial charge in [0.05, 0.1) is 6.61 Å². The molecule has 2 rings (SSSR count). The number of carboxylic acids is 1. The van der Waals surface area contributed by atoms with Crippen molar-refractivity contribution in [3.05, 3.63) is 35.9 Å². The fourth-order valence-corrected chi connectivity index (χ4v) is 2.02. The van der Waals surface area contributed by atoms with Gasteiger partial charge in [0.1, 0.15) is 6.04 Å². The van der Waals surface area contributed by atoms with Gasteiger partial charge in [-0.05, 0) is 18.9 Å². The molecule has 4 N–H and O–H groups in total. The third-order valence-electron chi connectivity index (χ3n) is 3.26. The standard InChI is InChI=1S/C9H11NO2.C7H14N2O2/c10-8(9(11)12)6-7-4-2-1-3-5-7;1-2-11-7(10)9-5-3-8-4-6-9/h1-5,8H,6,10H2,(H,11,12);8H,2-6H2,1H3/t8-;/m0./s1. The fraction of sp³-hybridized carbons (Fsp3) is 0.500. The first-order valence-electron chi connectivity index (χ1n) is 7.69. The molecule has 1 amide bonds. The van der Waals surface area contributed by atoms with Gasteiger partial charge in [0.2, 0.25) is 0 Å². The summed E-state index contributed by atoms with van der Waals surface area (Å²) in [5.74, 6) is -0.959. The first kappa shape index (κ1) is 18.9. The number of hydrogen-bond donors (Lipinski definition) is 3. The van der Waals surface area contributed by atoms with Crippen molar-refractivity contribution in [3.8, 4) is 0 Å². The first-order chi connectivity index (χ1) is 11.0. The number of nitrogens with zero attached hydrogens (tertiary/aromatic N) is 1. The van der Waals surface area contributed by atoms with Crippen molar-refractivity contribution < 1.29 is 19.4 Å². The van der Waals surface area contributed by atoms with E-state index in [2.05, 4.69) is 5.32 Å². The van der Waals surface area contributed by atoms with Crippen LogP contribution in [0.4, 0.5) is 4.79 Å². The number of rotatable bonds is 4.